The van der Waals surface area contributed by atoms with Crippen LogP contribution in [-0.4, -0.2) is 44.6 Å². The van der Waals surface area contributed by atoms with Crippen molar-refractivity contribution in [3.63, 3.8) is 0 Å². The summed E-state index contributed by atoms with van der Waals surface area (Å²) in [6.45, 7) is -3.50. The number of fused-ring (bicyclic) bond motifs is 1. The molecule has 0 aliphatic carbocycles. The first-order valence-corrected chi connectivity index (χ1v) is 9.31. The molecule has 0 aliphatic rings. The molecule has 3 rings (SSSR count). The molecule has 3 heterocycles. The standard InChI is InChI=1S/C18H18F4N6O4/c19-14(20)1-2-16(29)23-4-10-3-15-26-11(7-28(15)25-5-10)6-24-17(30)12-8-32-27-13(12)9-31-18(21)22/h3,5,7-8,14,18H,1-2,4,6,9H2,(H,23,29)(H,24,30). The summed E-state index contributed by atoms with van der Waals surface area (Å²) in [5, 5.41) is 12.7. The zero-order chi connectivity index (χ0) is 23.1. The molecule has 0 bridgehead atoms. The van der Waals surface area contributed by atoms with Crippen LogP contribution < -0.4 is 10.6 Å². The summed E-state index contributed by atoms with van der Waals surface area (Å²) in [5.41, 5.74) is 1.38. The van der Waals surface area contributed by atoms with E-state index >= 15 is 0 Å². The number of rotatable bonds is 11. The van der Waals surface area contributed by atoms with E-state index in [0.29, 0.717) is 16.9 Å². The molecule has 0 spiro atoms. The summed E-state index contributed by atoms with van der Waals surface area (Å²) in [7, 11) is 0. The predicted octanol–water partition coefficient (Wildman–Crippen LogP) is 2.05. The van der Waals surface area contributed by atoms with Gasteiger partial charge in [0.1, 0.15) is 17.5 Å². The van der Waals surface area contributed by atoms with Crippen LogP contribution >= 0.6 is 0 Å². The van der Waals surface area contributed by atoms with Crippen molar-refractivity contribution in [3.8, 4) is 0 Å². The number of alkyl halides is 4. The van der Waals surface area contributed by atoms with E-state index in [1.807, 2.05) is 0 Å². The highest BCUT2D eigenvalue weighted by atomic mass is 19.3. The summed E-state index contributed by atoms with van der Waals surface area (Å²) in [6, 6.07) is 1.64. The van der Waals surface area contributed by atoms with E-state index in [4.69, 9.17) is 0 Å². The molecule has 0 aromatic carbocycles. The van der Waals surface area contributed by atoms with Crippen LogP contribution in [0.15, 0.2) is 29.2 Å². The Morgan fingerprint density at radius 3 is 2.75 bits per heavy atom. The SMILES string of the molecule is O=C(CCC(F)F)NCc1cnn2cc(CNC(=O)c3conc3COC(F)F)nc2c1. The maximum Gasteiger partial charge on any atom is 0.345 e. The van der Waals surface area contributed by atoms with E-state index in [0.717, 1.165) is 6.26 Å². The number of imidazole rings is 1. The summed E-state index contributed by atoms with van der Waals surface area (Å²) < 4.78 is 58.8. The first-order valence-electron chi connectivity index (χ1n) is 9.31. The first-order chi connectivity index (χ1) is 15.3. The number of halogens is 4. The monoisotopic (exact) mass is 458 g/mol. The van der Waals surface area contributed by atoms with E-state index in [9.17, 15) is 27.2 Å². The van der Waals surface area contributed by atoms with Crippen LogP contribution in [0.1, 0.15) is 40.2 Å². The fraction of sp³-hybridized carbons (Fsp3) is 0.389. The molecule has 0 atom stereocenters. The summed E-state index contributed by atoms with van der Waals surface area (Å²) in [4.78, 5) is 28.1. The van der Waals surface area contributed by atoms with Gasteiger partial charge in [0.2, 0.25) is 12.3 Å². The lowest BCUT2D eigenvalue weighted by Gasteiger charge is -2.05. The lowest BCUT2D eigenvalue weighted by molar-refractivity contribution is -0.138. The van der Waals surface area contributed by atoms with Crippen LogP contribution in [0.5, 0.6) is 0 Å². The van der Waals surface area contributed by atoms with E-state index in [1.165, 1.54) is 10.7 Å². The van der Waals surface area contributed by atoms with Gasteiger partial charge in [-0.05, 0) is 11.6 Å². The van der Waals surface area contributed by atoms with Crippen molar-refractivity contribution in [1.29, 1.82) is 0 Å². The van der Waals surface area contributed by atoms with Crippen LogP contribution in [0.25, 0.3) is 5.65 Å². The van der Waals surface area contributed by atoms with Crippen molar-refractivity contribution in [2.75, 3.05) is 0 Å². The molecule has 0 radical (unpaired) electrons. The molecule has 0 saturated heterocycles. The van der Waals surface area contributed by atoms with Gasteiger partial charge < -0.3 is 19.9 Å². The highest BCUT2D eigenvalue weighted by molar-refractivity contribution is 5.94. The molecule has 0 aliphatic heterocycles. The maximum atomic E-state index is 12.3. The molecule has 14 heteroatoms. The number of carbonyl (C=O) groups is 2. The summed E-state index contributed by atoms with van der Waals surface area (Å²) >= 11 is 0. The number of aromatic nitrogens is 4. The average Bonchev–Trinajstić information content (AvgIpc) is 3.39. The molecular weight excluding hydrogens is 440 g/mol. The van der Waals surface area contributed by atoms with Crippen molar-refractivity contribution in [2.24, 2.45) is 0 Å². The Kier molecular flexibility index (Phi) is 7.70. The van der Waals surface area contributed by atoms with Gasteiger partial charge in [-0.15, -0.1) is 0 Å². The number of amides is 2. The zero-order valence-corrected chi connectivity index (χ0v) is 16.4. The third-order valence-electron chi connectivity index (χ3n) is 4.17. The maximum absolute atomic E-state index is 12.3. The van der Waals surface area contributed by atoms with Gasteiger partial charge in [0.25, 0.3) is 5.91 Å². The van der Waals surface area contributed by atoms with E-state index in [-0.39, 0.29) is 30.8 Å². The molecule has 10 nitrogen and oxygen atoms in total. The van der Waals surface area contributed by atoms with Crippen molar-refractivity contribution < 1.29 is 36.4 Å². The highest BCUT2D eigenvalue weighted by Gasteiger charge is 2.18. The van der Waals surface area contributed by atoms with Gasteiger partial charge in [-0.2, -0.15) is 13.9 Å². The summed E-state index contributed by atoms with van der Waals surface area (Å²) in [5.74, 6) is -1.11. The minimum atomic E-state index is -3.01. The predicted molar refractivity (Wildman–Crippen MR) is 98.5 cm³/mol. The van der Waals surface area contributed by atoms with Gasteiger partial charge in [0, 0.05) is 19.4 Å². The average molecular weight is 458 g/mol. The lowest BCUT2D eigenvalue weighted by atomic mass is 10.2. The van der Waals surface area contributed by atoms with Gasteiger partial charge in [0.15, 0.2) is 5.65 Å². The quantitative estimate of drug-likeness (QED) is 0.422. The van der Waals surface area contributed by atoms with E-state index in [1.54, 1.807) is 12.3 Å². The molecule has 3 aromatic heterocycles. The normalized spacial score (nSPS) is 11.4. The third kappa shape index (κ3) is 6.47. The minimum Gasteiger partial charge on any atom is -0.364 e. The molecular formula is C18H18F4N6O4. The largest absolute Gasteiger partial charge is 0.364 e. The van der Waals surface area contributed by atoms with Gasteiger partial charge in [0.05, 0.1) is 31.2 Å². The van der Waals surface area contributed by atoms with Crippen molar-refractivity contribution >= 4 is 17.5 Å². The second kappa shape index (κ2) is 10.7. The fourth-order valence-electron chi connectivity index (χ4n) is 2.63. The molecule has 172 valence electrons. The molecule has 32 heavy (non-hydrogen) atoms. The Labute approximate surface area is 177 Å². The molecule has 0 saturated carbocycles. The first kappa shape index (κ1) is 23.1. The van der Waals surface area contributed by atoms with Crippen LogP contribution in [-0.2, 0) is 29.2 Å². The second-order valence-corrected chi connectivity index (χ2v) is 6.53. The Hall–Kier alpha value is -3.55. The molecule has 2 N–H and O–H groups in total. The Bertz CT molecular complexity index is 1070. The van der Waals surface area contributed by atoms with E-state index < -0.39 is 37.9 Å². The molecule has 3 aromatic rings. The van der Waals surface area contributed by atoms with E-state index in [2.05, 4.69) is 35.1 Å². The van der Waals surface area contributed by atoms with Crippen LogP contribution in [0, 0.1) is 0 Å². The Balaban J connectivity index is 1.55. The summed E-state index contributed by atoms with van der Waals surface area (Å²) in [6.07, 6.45) is 0.750. The molecule has 2 amide bonds. The zero-order valence-electron chi connectivity index (χ0n) is 16.4. The molecule has 0 fully saturated rings. The smallest absolute Gasteiger partial charge is 0.345 e. The fourth-order valence-corrected chi connectivity index (χ4v) is 2.63. The second-order valence-electron chi connectivity index (χ2n) is 6.53. The van der Waals surface area contributed by atoms with Crippen molar-refractivity contribution in [2.45, 2.75) is 45.6 Å². The van der Waals surface area contributed by atoms with Crippen molar-refractivity contribution in [1.82, 2.24) is 30.4 Å². The molecule has 0 unspecified atom stereocenters. The van der Waals surface area contributed by atoms with Crippen LogP contribution in [0.2, 0.25) is 0 Å². The van der Waals surface area contributed by atoms with Crippen molar-refractivity contribution in [3.05, 3.63) is 47.2 Å². The number of hydrogen-bond acceptors (Lipinski definition) is 7. The van der Waals surface area contributed by atoms with Gasteiger partial charge in [-0.25, -0.2) is 18.3 Å². The number of hydrogen-bond donors (Lipinski definition) is 2. The number of nitrogens with zero attached hydrogens (tertiary/aromatic N) is 4. The third-order valence-corrected chi connectivity index (χ3v) is 4.17. The van der Waals surface area contributed by atoms with Crippen LogP contribution in [0.4, 0.5) is 17.6 Å². The van der Waals surface area contributed by atoms with Gasteiger partial charge >= 0.3 is 6.61 Å². The Morgan fingerprint density at radius 2 is 2.00 bits per heavy atom. The highest BCUT2D eigenvalue weighted by Crippen LogP contribution is 2.11. The minimum absolute atomic E-state index is 0.00220. The number of ether oxygens (including phenoxy) is 1. The number of nitrogens with one attached hydrogen (secondary N) is 2. The lowest BCUT2D eigenvalue weighted by Crippen LogP contribution is -2.24. The van der Waals surface area contributed by atoms with Crippen LogP contribution in [0.3, 0.4) is 0 Å². The number of carbonyl (C=O) groups excluding carboxylic acids is 2. The van der Waals surface area contributed by atoms with Gasteiger partial charge in [-0.1, -0.05) is 5.16 Å². The topological polar surface area (TPSA) is 124 Å². The Morgan fingerprint density at radius 1 is 1.19 bits per heavy atom. The van der Waals surface area contributed by atoms with Gasteiger partial charge in [-0.3, -0.25) is 9.59 Å².